The predicted molar refractivity (Wildman–Crippen MR) is 85.0 cm³/mol. The van der Waals surface area contributed by atoms with Gasteiger partial charge in [0.15, 0.2) is 5.82 Å². The van der Waals surface area contributed by atoms with Gasteiger partial charge < -0.3 is 15.2 Å². The van der Waals surface area contributed by atoms with Crippen molar-refractivity contribution in [1.29, 1.82) is 0 Å². The van der Waals surface area contributed by atoms with E-state index in [-0.39, 0.29) is 12.5 Å². The van der Waals surface area contributed by atoms with Crippen molar-refractivity contribution in [3.63, 3.8) is 0 Å². The molecule has 1 aromatic carbocycles. The third-order valence-electron chi connectivity index (χ3n) is 3.10. The van der Waals surface area contributed by atoms with Gasteiger partial charge in [0, 0.05) is 31.1 Å². The quantitative estimate of drug-likeness (QED) is 0.738. The van der Waals surface area contributed by atoms with E-state index in [0.717, 1.165) is 12.0 Å². The molecular weight excluding hydrogens is 302 g/mol. The van der Waals surface area contributed by atoms with Gasteiger partial charge in [0.25, 0.3) is 0 Å². The highest BCUT2D eigenvalue weighted by Gasteiger charge is 2.14. The lowest BCUT2D eigenvalue weighted by Gasteiger charge is -2.17. The number of nitrogens with one attached hydrogen (secondary N) is 1. The number of ether oxygens (including phenoxy) is 1. The fraction of sp³-hybridized carbons (Fsp3) is 0.400. The van der Waals surface area contributed by atoms with Gasteiger partial charge in [-0.2, -0.15) is 4.37 Å². The van der Waals surface area contributed by atoms with Crippen molar-refractivity contribution >= 4 is 22.6 Å². The molecule has 22 heavy (non-hydrogen) atoms. The number of methoxy groups -OCH3 is 1. The van der Waals surface area contributed by atoms with Gasteiger partial charge in [0.1, 0.15) is 6.61 Å². The molecule has 0 aliphatic heterocycles. The fourth-order valence-electron chi connectivity index (χ4n) is 2.10. The first-order valence-corrected chi connectivity index (χ1v) is 7.78. The molecule has 1 aromatic heterocycles. The van der Waals surface area contributed by atoms with E-state index in [9.17, 15) is 4.79 Å². The third kappa shape index (κ3) is 5.42. The van der Waals surface area contributed by atoms with Gasteiger partial charge >= 0.3 is 5.97 Å². The summed E-state index contributed by atoms with van der Waals surface area (Å²) in [6.07, 6.45) is 1.39. The molecule has 1 atom stereocenters. The van der Waals surface area contributed by atoms with Gasteiger partial charge in [0.05, 0.1) is 0 Å². The monoisotopic (exact) mass is 321 g/mol. The number of carbonyl (C=O) groups is 1. The summed E-state index contributed by atoms with van der Waals surface area (Å²) in [4.78, 5) is 15.2. The van der Waals surface area contributed by atoms with Crippen molar-refractivity contribution in [3.05, 3.63) is 41.7 Å². The summed E-state index contributed by atoms with van der Waals surface area (Å²) in [5, 5.41) is 12.9. The van der Waals surface area contributed by atoms with Gasteiger partial charge in [-0.3, -0.25) is 4.79 Å². The maximum absolute atomic E-state index is 10.8. The molecule has 7 heteroatoms. The van der Waals surface area contributed by atoms with E-state index in [1.165, 1.54) is 11.5 Å². The Morgan fingerprint density at radius 3 is 2.86 bits per heavy atom. The minimum Gasteiger partial charge on any atom is -0.481 e. The number of hydrogen-bond acceptors (Lipinski definition) is 6. The molecule has 2 N–H and O–H groups in total. The molecule has 0 aliphatic rings. The summed E-state index contributed by atoms with van der Waals surface area (Å²) in [5.74, 6) is -0.163. The lowest BCUT2D eigenvalue weighted by atomic mass is 10.0. The zero-order valence-corrected chi connectivity index (χ0v) is 13.2. The van der Waals surface area contributed by atoms with Crippen molar-refractivity contribution in [2.75, 3.05) is 12.4 Å². The molecule has 0 amide bonds. The standard InChI is InChI=1S/C15H19N3O3S/c1-21-10-13-17-15(22-18-13)16-12(7-8-14(19)20)9-11-5-3-2-4-6-11/h2-6,12H,7-10H2,1H3,(H,19,20)(H,16,17,18). The van der Waals surface area contributed by atoms with E-state index in [0.29, 0.717) is 24.0 Å². The zero-order valence-electron chi connectivity index (χ0n) is 12.4. The van der Waals surface area contributed by atoms with Crippen LogP contribution in [-0.2, 0) is 22.6 Å². The molecule has 0 saturated carbocycles. The predicted octanol–water partition coefficient (Wildman–Crippen LogP) is 2.57. The molecular formula is C15H19N3O3S. The van der Waals surface area contributed by atoms with Crippen LogP contribution in [0.5, 0.6) is 0 Å². The van der Waals surface area contributed by atoms with Crippen LogP contribution in [0.1, 0.15) is 24.2 Å². The number of nitrogens with zero attached hydrogens (tertiary/aromatic N) is 2. The van der Waals surface area contributed by atoms with Gasteiger partial charge in [-0.25, -0.2) is 4.98 Å². The average Bonchev–Trinajstić information content (AvgIpc) is 2.93. The van der Waals surface area contributed by atoms with Crippen LogP contribution in [0.3, 0.4) is 0 Å². The van der Waals surface area contributed by atoms with Crippen molar-refractivity contribution in [3.8, 4) is 0 Å². The summed E-state index contributed by atoms with van der Waals surface area (Å²) < 4.78 is 9.18. The van der Waals surface area contributed by atoms with Crippen LogP contribution in [0.4, 0.5) is 5.13 Å². The van der Waals surface area contributed by atoms with Crippen LogP contribution in [0, 0.1) is 0 Å². The number of carboxylic acid groups (broad SMARTS) is 1. The first kappa shape index (κ1) is 16.4. The highest BCUT2D eigenvalue weighted by atomic mass is 32.1. The Bertz CT molecular complexity index is 589. The minimum atomic E-state index is -0.794. The van der Waals surface area contributed by atoms with Gasteiger partial charge in [-0.1, -0.05) is 30.3 Å². The molecule has 0 fully saturated rings. The fourth-order valence-corrected chi connectivity index (χ4v) is 2.75. The Morgan fingerprint density at radius 2 is 2.18 bits per heavy atom. The molecule has 6 nitrogen and oxygen atoms in total. The van der Waals surface area contributed by atoms with E-state index < -0.39 is 5.97 Å². The average molecular weight is 321 g/mol. The van der Waals surface area contributed by atoms with Gasteiger partial charge in [-0.05, 0) is 18.4 Å². The first-order valence-electron chi connectivity index (χ1n) is 7.01. The Morgan fingerprint density at radius 1 is 1.41 bits per heavy atom. The number of rotatable bonds is 9. The lowest BCUT2D eigenvalue weighted by Crippen LogP contribution is -2.23. The Kier molecular flexibility index (Phi) is 6.29. The van der Waals surface area contributed by atoms with Crippen LogP contribution < -0.4 is 5.32 Å². The Hall–Kier alpha value is -1.99. The highest BCUT2D eigenvalue weighted by Crippen LogP contribution is 2.17. The smallest absolute Gasteiger partial charge is 0.303 e. The van der Waals surface area contributed by atoms with E-state index in [1.54, 1.807) is 7.11 Å². The summed E-state index contributed by atoms with van der Waals surface area (Å²) in [7, 11) is 1.60. The molecule has 0 radical (unpaired) electrons. The maximum Gasteiger partial charge on any atom is 0.303 e. The SMILES string of the molecule is COCc1nsc(NC(CCC(=O)O)Cc2ccccc2)n1. The van der Waals surface area contributed by atoms with Crippen molar-refractivity contribution in [2.45, 2.75) is 31.9 Å². The molecule has 0 spiro atoms. The zero-order chi connectivity index (χ0) is 15.8. The van der Waals surface area contributed by atoms with E-state index in [1.807, 2.05) is 30.3 Å². The topological polar surface area (TPSA) is 84.3 Å². The van der Waals surface area contributed by atoms with Crippen LogP contribution in [0.25, 0.3) is 0 Å². The second-order valence-electron chi connectivity index (χ2n) is 4.91. The van der Waals surface area contributed by atoms with Crippen molar-refractivity contribution in [2.24, 2.45) is 0 Å². The maximum atomic E-state index is 10.8. The van der Waals surface area contributed by atoms with Gasteiger partial charge in [0.2, 0.25) is 5.13 Å². The molecule has 0 saturated heterocycles. The molecule has 118 valence electrons. The van der Waals surface area contributed by atoms with E-state index in [2.05, 4.69) is 14.7 Å². The number of carboxylic acids is 1. The van der Waals surface area contributed by atoms with Crippen molar-refractivity contribution in [1.82, 2.24) is 9.36 Å². The molecule has 1 unspecified atom stereocenters. The summed E-state index contributed by atoms with van der Waals surface area (Å²) in [6.45, 7) is 0.372. The highest BCUT2D eigenvalue weighted by molar-refractivity contribution is 7.09. The van der Waals surface area contributed by atoms with Crippen molar-refractivity contribution < 1.29 is 14.6 Å². The second kappa shape index (κ2) is 8.45. The molecule has 2 aromatic rings. The van der Waals surface area contributed by atoms with Crippen LogP contribution in [0.15, 0.2) is 30.3 Å². The van der Waals surface area contributed by atoms with E-state index in [4.69, 9.17) is 9.84 Å². The van der Waals surface area contributed by atoms with E-state index >= 15 is 0 Å². The largest absolute Gasteiger partial charge is 0.481 e. The lowest BCUT2D eigenvalue weighted by molar-refractivity contribution is -0.137. The molecule has 1 heterocycles. The second-order valence-corrected chi connectivity index (χ2v) is 5.66. The molecule has 2 rings (SSSR count). The normalized spacial score (nSPS) is 12.0. The summed E-state index contributed by atoms with van der Waals surface area (Å²) >= 11 is 1.26. The number of anilines is 1. The number of aromatic nitrogens is 2. The first-order chi connectivity index (χ1) is 10.7. The Labute approximate surface area is 133 Å². The van der Waals surface area contributed by atoms with Crippen LogP contribution in [0.2, 0.25) is 0 Å². The summed E-state index contributed by atoms with van der Waals surface area (Å²) in [5.41, 5.74) is 1.16. The molecule has 0 aliphatic carbocycles. The number of hydrogen-bond donors (Lipinski definition) is 2. The Balaban J connectivity index is 2.00. The van der Waals surface area contributed by atoms with Gasteiger partial charge in [-0.15, -0.1) is 0 Å². The number of aliphatic carboxylic acids is 1. The van der Waals surface area contributed by atoms with Crippen LogP contribution in [-0.4, -0.2) is 33.6 Å². The third-order valence-corrected chi connectivity index (χ3v) is 3.78. The van der Waals surface area contributed by atoms with Crippen LogP contribution >= 0.6 is 11.5 Å². The number of benzene rings is 1. The minimum absolute atomic E-state index is 0.00171. The molecule has 0 bridgehead atoms. The summed E-state index contributed by atoms with van der Waals surface area (Å²) in [6, 6.07) is 9.99.